The van der Waals surface area contributed by atoms with E-state index >= 15 is 0 Å². The summed E-state index contributed by atoms with van der Waals surface area (Å²) in [6.45, 7) is 0. The van der Waals surface area contributed by atoms with Crippen LogP contribution in [0.25, 0.3) is 0 Å². The molecule has 0 spiro atoms. The predicted octanol–water partition coefficient (Wildman–Crippen LogP) is 4.20. The van der Waals surface area contributed by atoms with Gasteiger partial charge in [-0.25, -0.2) is 0 Å². The second-order valence-electron chi connectivity index (χ2n) is 4.85. The van der Waals surface area contributed by atoms with Crippen molar-refractivity contribution >= 4 is 34.8 Å². The molecule has 1 amide bonds. The van der Waals surface area contributed by atoms with Crippen molar-refractivity contribution in [3.63, 3.8) is 0 Å². The molecule has 0 atom stereocenters. The van der Waals surface area contributed by atoms with Gasteiger partial charge in [-0.2, -0.15) is 0 Å². The van der Waals surface area contributed by atoms with Crippen molar-refractivity contribution < 1.29 is 19.0 Å². The number of nitrogens with one attached hydrogen (secondary N) is 1. The highest BCUT2D eigenvalue weighted by molar-refractivity contribution is 6.42. The Morgan fingerprint density at radius 3 is 2.25 bits per heavy atom. The highest BCUT2D eigenvalue weighted by Gasteiger charge is 2.18. The summed E-state index contributed by atoms with van der Waals surface area (Å²) in [5.41, 5.74) is 1.24. The topological polar surface area (TPSA) is 56.8 Å². The van der Waals surface area contributed by atoms with Crippen molar-refractivity contribution in [1.82, 2.24) is 0 Å². The summed E-state index contributed by atoms with van der Waals surface area (Å²) >= 11 is 11.8. The first-order chi connectivity index (χ1) is 11.5. The van der Waals surface area contributed by atoms with Crippen LogP contribution < -0.4 is 19.5 Å². The van der Waals surface area contributed by atoms with Crippen molar-refractivity contribution in [1.29, 1.82) is 0 Å². The second-order valence-corrected chi connectivity index (χ2v) is 5.66. The lowest BCUT2D eigenvalue weighted by Gasteiger charge is -2.15. The van der Waals surface area contributed by atoms with E-state index < -0.39 is 0 Å². The Balaban J connectivity index is 2.20. The first-order valence-corrected chi connectivity index (χ1v) is 7.78. The standard InChI is InChI=1S/C17H17Cl2NO4/c1-22-14-7-4-10(16(23-2)17(14)24-3)8-15(21)20-11-5-6-12(18)13(19)9-11/h4-7,9H,8H2,1-3H3,(H,20,21). The minimum absolute atomic E-state index is 0.101. The number of carbonyl (C=O) groups excluding carboxylic acids is 1. The van der Waals surface area contributed by atoms with Crippen LogP contribution in [0.5, 0.6) is 17.2 Å². The summed E-state index contributed by atoms with van der Waals surface area (Å²) in [5.74, 6) is 1.21. The monoisotopic (exact) mass is 369 g/mol. The minimum Gasteiger partial charge on any atom is -0.493 e. The molecule has 0 radical (unpaired) electrons. The molecule has 0 heterocycles. The Morgan fingerprint density at radius 2 is 1.67 bits per heavy atom. The molecule has 0 aliphatic rings. The first-order valence-electron chi connectivity index (χ1n) is 7.03. The predicted molar refractivity (Wildman–Crippen MR) is 94.9 cm³/mol. The Bertz CT molecular complexity index is 750. The molecular weight excluding hydrogens is 353 g/mol. The molecule has 0 aliphatic heterocycles. The molecule has 1 N–H and O–H groups in total. The van der Waals surface area contributed by atoms with Crippen LogP contribution in [0.15, 0.2) is 30.3 Å². The van der Waals surface area contributed by atoms with Crippen LogP contribution >= 0.6 is 23.2 Å². The maximum Gasteiger partial charge on any atom is 0.228 e. The van der Waals surface area contributed by atoms with E-state index in [2.05, 4.69) is 5.32 Å². The van der Waals surface area contributed by atoms with E-state index in [1.807, 2.05) is 0 Å². The summed E-state index contributed by atoms with van der Waals surface area (Å²) in [4.78, 5) is 12.3. The molecule has 2 rings (SSSR count). The highest BCUT2D eigenvalue weighted by atomic mass is 35.5. The van der Waals surface area contributed by atoms with Crippen LogP contribution in [0.1, 0.15) is 5.56 Å². The fourth-order valence-electron chi connectivity index (χ4n) is 2.25. The number of rotatable bonds is 6. The number of benzene rings is 2. The van der Waals surface area contributed by atoms with Gasteiger partial charge < -0.3 is 19.5 Å². The molecule has 0 bridgehead atoms. The van der Waals surface area contributed by atoms with Gasteiger partial charge in [0.2, 0.25) is 11.7 Å². The second kappa shape index (κ2) is 8.13. The van der Waals surface area contributed by atoms with Crippen molar-refractivity contribution in [3.05, 3.63) is 45.9 Å². The van der Waals surface area contributed by atoms with E-state index in [-0.39, 0.29) is 12.3 Å². The average molecular weight is 370 g/mol. The van der Waals surface area contributed by atoms with Gasteiger partial charge in [0.1, 0.15) is 0 Å². The summed E-state index contributed by atoms with van der Waals surface area (Å²) in [5, 5.41) is 3.57. The number of methoxy groups -OCH3 is 3. The van der Waals surface area contributed by atoms with Crippen molar-refractivity contribution in [2.75, 3.05) is 26.6 Å². The molecule has 0 fully saturated rings. The molecule has 0 saturated carbocycles. The average Bonchev–Trinajstić information content (AvgIpc) is 2.57. The smallest absolute Gasteiger partial charge is 0.228 e. The third kappa shape index (κ3) is 4.04. The maximum atomic E-state index is 12.3. The largest absolute Gasteiger partial charge is 0.493 e. The van der Waals surface area contributed by atoms with Crippen LogP contribution in [-0.4, -0.2) is 27.2 Å². The van der Waals surface area contributed by atoms with E-state index in [9.17, 15) is 4.79 Å². The SMILES string of the molecule is COc1ccc(CC(=O)Nc2ccc(Cl)c(Cl)c2)c(OC)c1OC. The number of amides is 1. The lowest BCUT2D eigenvalue weighted by molar-refractivity contribution is -0.115. The van der Waals surface area contributed by atoms with E-state index in [4.69, 9.17) is 37.4 Å². The van der Waals surface area contributed by atoms with Gasteiger partial charge in [0.05, 0.1) is 37.8 Å². The zero-order valence-corrected chi connectivity index (χ0v) is 15.0. The number of anilines is 1. The van der Waals surface area contributed by atoms with Gasteiger partial charge >= 0.3 is 0 Å². The summed E-state index contributed by atoms with van der Waals surface area (Å²) in [7, 11) is 4.56. The Labute approximate surface area is 150 Å². The number of ether oxygens (including phenoxy) is 3. The van der Waals surface area contributed by atoms with E-state index in [0.29, 0.717) is 38.5 Å². The Morgan fingerprint density at radius 1 is 0.958 bits per heavy atom. The summed E-state index contributed by atoms with van der Waals surface area (Å²) in [6.07, 6.45) is 0.101. The van der Waals surface area contributed by atoms with Crippen LogP contribution in [0.3, 0.4) is 0 Å². The lowest BCUT2D eigenvalue weighted by atomic mass is 10.1. The third-order valence-electron chi connectivity index (χ3n) is 3.34. The fraction of sp³-hybridized carbons (Fsp3) is 0.235. The molecule has 7 heteroatoms. The van der Waals surface area contributed by atoms with Crippen molar-refractivity contribution in [2.45, 2.75) is 6.42 Å². The van der Waals surface area contributed by atoms with Gasteiger partial charge in [0, 0.05) is 11.3 Å². The molecular formula is C17H17Cl2NO4. The number of hydrogen-bond donors (Lipinski definition) is 1. The lowest BCUT2D eigenvalue weighted by Crippen LogP contribution is -2.15. The van der Waals surface area contributed by atoms with Crippen LogP contribution in [0, 0.1) is 0 Å². The zero-order chi connectivity index (χ0) is 17.7. The molecule has 24 heavy (non-hydrogen) atoms. The zero-order valence-electron chi connectivity index (χ0n) is 13.5. The number of hydrogen-bond acceptors (Lipinski definition) is 4. The van der Waals surface area contributed by atoms with Crippen LogP contribution in [-0.2, 0) is 11.2 Å². The van der Waals surface area contributed by atoms with Crippen LogP contribution in [0.4, 0.5) is 5.69 Å². The fourth-order valence-corrected chi connectivity index (χ4v) is 2.55. The summed E-state index contributed by atoms with van der Waals surface area (Å²) in [6, 6.07) is 8.37. The number of carbonyl (C=O) groups is 1. The van der Waals surface area contributed by atoms with Gasteiger partial charge in [-0.15, -0.1) is 0 Å². The Kier molecular flexibility index (Phi) is 6.17. The Hall–Kier alpha value is -2.11. The van der Waals surface area contributed by atoms with E-state index in [0.717, 1.165) is 0 Å². The molecule has 2 aromatic carbocycles. The molecule has 5 nitrogen and oxygen atoms in total. The summed E-state index contributed by atoms with van der Waals surface area (Å²) < 4.78 is 15.9. The van der Waals surface area contributed by atoms with Crippen molar-refractivity contribution in [3.8, 4) is 17.2 Å². The van der Waals surface area contributed by atoms with E-state index in [1.54, 1.807) is 30.3 Å². The minimum atomic E-state index is -0.223. The molecule has 0 saturated heterocycles. The van der Waals surface area contributed by atoms with Gasteiger partial charge in [0.15, 0.2) is 11.5 Å². The molecule has 2 aromatic rings. The van der Waals surface area contributed by atoms with E-state index in [1.165, 1.54) is 21.3 Å². The van der Waals surface area contributed by atoms with Gasteiger partial charge in [-0.1, -0.05) is 29.3 Å². The first kappa shape index (κ1) is 18.2. The molecule has 0 aromatic heterocycles. The molecule has 128 valence electrons. The quantitative estimate of drug-likeness (QED) is 0.828. The van der Waals surface area contributed by atoms with Gasteiger partial charge in [0.25, 0.3) is 0 Å². The third-order valence-corrected chi connectivity index (χ3v) is 4.08. The number of halogens is 2. The van der Waals surface area contributed by atoms with Gasteiger partial charge in [-0.05, 0) is 24.3 Å². The van der Waals surface area contributed by atoms with Crippen molar-refractivity contribution in [2.24, 2.45) is 0 Å². The molecule has 0 unspecified atom stereocenters. The normalized spacial score (nSPS) is 10.2. The highest BCUT2D eigenvalue weighted by Crippen LogP contribution is 2.40. The van der Waals surface area contributed by atoms with Gasteiger partial charge in [-0.3, -0.25) is 4.79 Å². The maximum absolute atomic E-state index is 12.3. The molecule has 0 aliphatic carbocycles. The van der Waals surface area contributed by atoms with Crippen LogP contribution in [0.2, 0.25) is 10.0 Å².